The molecule has 0 bridgehead atoms. The van der Waals surface area contributed by atoms with Crippen LogP contribution in [0.2, 0.25) is 0 Å². The molecule has 1 N–H and O–H groups in total. The summed E-state index contributed by atoms with van der Waals surface area (Å²) in [7, 11) is 0. The largest absolute Gasteiger partial charge is 0.280 e. The maximum absolute atomic E-state index is 13.2. The summed E-state index contributed by atoms with van der Waals surface area (Å²) in [4.78, 5) is 30.7. The molecule has 1 aromatic heterocycles. The maximum Gasteiger partial charge on any atom is 0.280 e. The number of carbonyl (C=O) groups is 1. The van der Waals surface area contributed by atoms with Crippen LogP contribution in [0.25, 0.3) is 22.3 Å². The predicted molar refractivity (Wildman–Crippen MR) is 116 cm³/mol. The number of hydrogen-bond donors (Lipinski definition) is 1. The zero-order chi connectivity index (χ0) is 20.4. The third-order valence-corrected chi connectivity index (χ3v) is 4.92. The molecule has 0 saturated carbocycles. The third kappa shape index (κ3) is 3.67. The summed E-state index contributed by atoms with van der Waals surface area (Å²) in [5.74, 6) is 0.0347. The number of hydrogen-bond acceptors (Lipinski definition) is 3. The van der Waals surface area contributed by atoms with Gasteiger partial charge in [0.25, 0.3) is 11.5 Å². The van der Waals surface area contributed by atoms with Gasteiger partial charge in [0.15, 0.2) is 5.82 Å². The van der Waals surface area contributed by atoms with E-state index in [9.17, 15) is 9.59 Å². The van der Waals surface area contributed by atoms with Gasteiger partial charge in [-0.15, -0.1) is 0 Å². The molecular weight excluding hydrogens is 362 g/mol. The van der Waals surface area contributed by atoms with Gasteiger partial charge < -0.3 is 0 Å². The predicted octanol–water partition coefficient (Wildman–Crippen LogP) is 4.32. The molecular formula is C24H21N3O2. The molecule has 1 heterocycles. The number of para-hydroxylation sites is 1. The van der Waals surface area contributed by atoms with E-state index in [0.29, 0.717) is 22.3 Å². The Morgan fingerprint density at radius 1 is 0.966 bits per heavy atom. The van der Waals surface area contributed by atoms with Crippen molar-refractivity contribution in [2.45, 2.75) is 20.3 Å². The summed E-state index contributed by atoms with van der Waals surface area (Å²) in [5, 5.41) is 0.449. The fraction of sp³-hybridized carbons (Fsp3) is 0.125. The van der Waals surface area contributed by atoms with Crippen LogP contribution in [0.3, 0.4) is 0 Å². The van der Waals surface area contributed by atoms with E-state index in [-0.39, 0.29) is 11.5 Å². The van der Waals surface area contributed by atoms with Gasteiger partial charge in [-0.25, -0.2) is 4.98 Å². The normalized spacial score (nSPS) is 10.8. The quantitative estimate of drug-likeness (QED) is 0.571. The molecule has 0 aliphatic heterocycles. The fourth-order valence-corrected chi connectivity index (χ4v) is 3.19. The average molecular weight is 383 g/mol. The summed E-state index contributed by atoms with van der Waals surface area (Å²) in [6.07, 6.45) is 0.896. The second kappa shape index (κ2) is 7.72. The van der Waals surface area contributed by atoms with Crippen LogP contribution in [0.4, 0.5) is 0 Å². The standard InChI is InChI=1S/C24H21N3O2/c1-3-17-10-14-19(15-11-17)23(28)26-27-22(18-12-8-16(2)9-13-18)25-21-7-5-4-6-20(21)24(27)29/h4-15H,3H2,1-2H3,(H,26,28). The van der Waals surface area contributed by atoms with Gasteiger partial charge in [-0.1, -0.05) is 61.0 Å². The molecule has 144 valence electrons. The van der Waals surface area contributed by atoms with Gasteiger partial charge in [0.1, 0.15) is 0 Å². The highest BCUT2D eigenvalue weighted by atomic mass is 16.2. The molecule has 1 amide bonds. The van der Waals surface area contributed by atoms with Crippen LogP contribution in [0, 0.1) is 6.92 Å². The minimum absolute atomic E-state index is 0.315. The van der Waals surface area contributed by atoms with Crippen LogP contribution in [-0.2, 0) is 6.42 Å². The number of amides is 1. The van der Waals surface area contributed by atoms with Crippen molar-refractivity contribution in [1.82, 2.24) is 9.66 Å². The van der Waals surface area contributed by atoms with Gasteiger partial charge in [-0.05, 0) is 43.2 Å². The number of fused-ring (bicyclic) bond motifs is 1. The van der Waals surface area contributed by atoms with E-state index in [1.807, 2.05) is 49.4 Å². The zero-order valence-corrected chi connectivity index (χ0v) is 16.3. The molecule has 0 radical (unpaired) electrons. The Morgan fingerprint density at radius 2 is 1.66 bits per heavy atom. The molecule has 29 heavy (non-hydrogen) atoms. The molecule has 4 aromatic rings. The molecule has 4 rings (SSSR count). The third-order valence-electron chi connectivity index (χ3n) is 4.92. The van der Waals surface area contributed by atoms with Gasteiger partial charge in [0.2, 0.25) is 0 Å². The highest BCUT2D eigenvalue weighted by molar-refractivity contribution is 6.00. The topological polar surface area (TPSA) is 64.0 Å². The smallest absolute Gasteiger partial charge is 0.267 e. The lowest BCUT2D eigenvalue weighted by molar-refractivity contribution is 0.101. The molecule has 0 fully saturated rings. The molecule has 5 nitrogen and oxygen atoms in total. The first-order valence-corrected chi connectivity index (χ1v) is 9.56. The lowest BCUT2D eigenvalue weighted by Gasteiger charge is -2.15. The fourth-order valence-electron chi connectivity index (χ4n) is 3.19. The SMILES string of the molecule is CCc1ccc(C(=O)Nn2c(-c3ccc(C)cc3)nc3ccccc3c2=O)cc1. The summed E-state index contributed by atoms with van der Waals surface area (Å²) in [6.45, 7) is 4.05. The van der Waals surface area contributed by atoms with E-state index in [2.05, 4.69) is 17.3 Å². The van der Waals surface area contributed by atoms with Crippen molar-refractivity contribution in [1.29, 1.82) is 0 Å². The first kappa shape index (κ1) is 18.6. The highest BCUT2D eigenvalue weighted by Gasteiger charge is 2.16. The van der Waals surface area contributed by atoms with Crippen molar-refractivity contribution < 1.29 is 4.79 Å². The Kier molecular flexibility index (Phi) is 4.96. The summed E-state index contributed by atoms with van der Waals surface area (Å²) in [5.41, 5.74) is 6.49. The second-order valence-electron chi connectivity index (χ2n) is 6.95. The summed E-state index contributed by atoms with van der Waals surface area (Å²) >= 11 is 0. The molecule has 0 aliphatic carbocycles. The van der Waals surface area contributed by atoms with Crippen molar-refractivity contribution in [3.8, 4) is 11.4 Å². The first-order chi connectivity index (χ1) is 14.1. The van der Waals surface area contributed by atoms with Crippen LogP contribution >= 0.6 is 0 Å². The van der Waals surface area contributed by atoms with E-state index in [0.717, 1.165) is 23.1 Å². The molecule has 0 spiro atoms. The van der Waals surface area contributed by atoms with Crippen molar-refractivity contribution in [3.05, 3.63) is 99.8 Å². The van der Waals surface area contributed by atoms with E-state index >= 15 is 0 Å². The molecule has 0 unspecified atom stereocenters. The van der Waals surface area contributed by atoms with Gasteiger partial charge >= 0.3 is 0 Å². The van der Waals surface area contributed by atoms with E-state index < -0.39 is 0 Å². The van der Waals surface area contributed by atoms with Crippen molar-refractivity contribution >= 4 is 16.8 Å². The number of nitrogens with zero attached hydrogens (tertiary/aromatic N) is 2. The number of rotatable bonds is 4. The summed E-state index contributed by atoms with van der Waals surface area (Å²) < 4.78 is 1.24. The van der Waals surface area contributed by atoms with Crippen LogP contribution in [0.5, 0.6) is 0 Å². The minimum atomic E-state index is -0.361. The Balaban J connectivity index is 1.83. The highest BCUT2D eigenvalue weighted by Crippen LogP contribution is 2.19. The Bertz CT molecular complexity index is 1240. The molecule has 5 heteroatoms. The minimum Gasteiger partial charge on any atom is -0.267 e. The van der Waals surface area contributed by atoms with E-state index in [1.165, 1.54) is 4.68 Å². The van der Waals surface area contributed by atoms with Crippen LogP contribution in [-0.4, -0.2) is 15.6 Å². The van der Waals surface area contributed by atoms with Gasteiger partial charge in [0, 0.05) is 11.1 Å². The number of aryl methyl sites for hydroxylation is 2. The Morgan fingerprint density at radius 3 is 2.34 bits per heavy atom. The lowest BCUT2D eigenvalue weighted by Crippen LogP contribution is -2.35. The molecule has 0 aliphatic rings. The van der Waals surface area contributed by atoms with E-state index in [4.69, 9.17) is 0 Å². The monoisotopic (exact) mass is 383 g/mol. The van der Waals surface area contributed by atoms with Gasteiger partial charge in [-0.3, -0.25) is 15.0 Å². The van der Waals surface area contributed by atoms with Gasteiger partial charge in [-0.2, -0.15) is 4.68 Å². The number of benzene rings is 3. The number of aromatic nitrogens is 2. The molecule has 0 saturated heterocycles. The van der Waals surface area contributed by atoms with E-state index in [1.54, 1.807) is 30.3 Å². The molecule has 0 atom stereocenters. The van der Waals surface area contributed by atoms with Crippen LogP contribution in [0.1, 0.15) is 28.4 Å². The zero-order valence-electron chi connectivity index (χ0n) is 16.3. The van der Waals surface area contributed by atoms with Crippen LogP contribution < -0.4 is 11.0 Å². The first-order valence-electron chi connectivity index (χ1n) is 9.56. The van der Waals surface area contributed by atoms with Gasteiger partial charge in [0.05, 0.1) is 10.9 Å². The van der Waals surface area contributed by atoms with Crippen molar-refractivity contribution in [3.63, 3.8) is 0 Å². The lowest BCUT2D eigenvalue weighted by atomic mass is 10.1. The maximum atomic E-state index is 13.2. The Hall–Kier alpha value is -3.73. The average Bonchev–Trinajstić information content (AvgIpc) is 2.76. The number of nitrogens with one attached hydrogen (secondary N) is 1. The number of carbonyl (C=O) groups excluding carboxylic acids is 1. The Labute approximate surface area is 168 Å². The second-order valence-corrected chi connectivity index (χ2v) is 6.95. The van der Waals surface area contributed by atoms with Crippen molar-refractivity contribution in [2.75, 3.05) is 5.43 Å². The van der Waals surface area contributed by atoms with Crippen LogP contribution in [0.15, 0.2) is 77.6 Å². The summed E-state index contributed by atoms with van der Waals surface area (Å²) in [6, 6.07) is 22.2. The van der Waals surface area contributed by atoms with Crippen molar-refractivity contribution in [2.24, 2.45) is 0 Å². The molecule has 3 aromatic carbocycles.